The number of unbranched alkanes of at least 4 members (excludes halogenated alkanes) is 1. The first-order valence-corrected chi connectivity index (χ1v) is 9.99. The zero-order chi connectivity index (χ0) is 18.6. The Morgan fingerprint density at radius 2 is 1.64 bits per heavy atom. The van der Waals surface area contributed by atoms with Crippen LogP contribution >= 0.6 is 12.4 Å². The van der Waals surface area contributed by atoms with Crippen LogP contribution in [0.5, 0.6) is 11.5 Å². The summed E-state index contributed by atoms with van der Waals surface area (Å²) in [4.78, 5) is 5.87. The molecule has 1 saturated heterocycles. The lowest BCUT2D eigenvalue weighted by Crippen LogP contribution is -2.33. The molecule has 4 rings (SSSR count). The Morgan fingerprint density at radius 3 is 2.39 bits per heavy atom. The summed E-state index contributed by atoms with van der Waals surface area (Å²) < 4.78 is 0. The number of phenolic OH excluding ortho intramolecular Hbond substituents is 2. The molecule has 0 atom stereocenters. The number of piperidine rings is 1. The minimum Gasteiger partial charge on any atom is -0.508 e. The van der Waals surface area contributed by atoms with Crippen LogP contribution < -0.4 is 0 Å². The minimum absolute atomic E-state index is 0. The average molecular weight is 401 g/mol. The fraction of sp³-hybridized carbons (Fsp3) is 0.391. The first kappa shape index (κ1) is 20.6. The highest BCUT2D eigenvalue weighted by Crippen LogP contribution is 2.29. The van der Waals surface area contributed by atoms with Gasteiger partial charge in [0.25, 0.3) is 0 Å². The Hall–Kier alpha value is -2.17. The van der Waals surface area contributed by atoms with E-state index in [1.165, 1.54) is 36.8 Å². The van der Waals surface area contributed by atoms with Crippen molar-refractivity contribution in [3.63, 3.8) is 0 Å². The van der Waals surface area contributed by atoms with Crippen molar-refractivity contribution in [2.24, 2.45) is 0 Å². The Labute approximate surface area is 172 Å². The molecule has 0 aliphatic carbocycles. The number of hydrogen-bond donors (Lipinski definition) is 3. The van der Waals surface area contributed by atoms with Crippen LogP contribution in [0, 0.1) is 0 Å². The maximum atomic E-state index is 9.70. The second-order valence-electron chi connectivity index (χ2n) is 7.71. The van der Waals surface area contributed by atoms with Crippen molar-refractivity contribution in [2.45, 2.75) is 38.0 Å². The van der Waals surface area contributed by atoms with Gasteiger partial charge in [0.2, 0.25) is 0 Å². The summed E-state index contributed by atoms with van der Waals surface area (Å²) in [5.41, 5.74) is 3.75. The molecule has 150 valence electrons. The van der Waals surface area contributed by atoms with Gasteiger partial charge in [-0.3, -0.25) is 0 Å². The van der Waals surface area contributed by atoms with Crippen LogP contribution in [0.4, 0.5) is 0 Å². The van der Waals surface area contributed by atoms with Gasteiger partial charge in [0, 0.05) is 17.1 Å². The summed E-state index contributed by atoms with van der Waals surface area (Å²) >= 11 is 0. The summed E-state index contributed by atoms with van der Waals surface area (Å²) in [7, 11) is 0. The molecule has 28 heavy (non-hydrogen) atoms. The molecule has 0 spiro atoms. The summed E-state index contributed by atoms with van der Waals surface area (Å²) in [6.07, 6.45) is 7.90. The van der Waals surface area contributed by atoms with Gasteiger partial charge < -0.3 is 20.1 Å². The van der Waals surface area contributed by atoms with Crippen molar-refractivity contribution in [1.29, 1.82) is 0 Å². The maximum Gasteiger partial charge on any atom is 0.116 e. The largest absolute Gasteiger partial charge is 0.508 e. The third kappa shape index (κ3) is 4.81. The third-order valence-corrected chi connectivity index (χ3v) is 5.87. The van der Waals surface area contributed by atoms with E-state index in [1.807, 2.05) is 12.1 Å². The predicted molar refractivity (Wildman–Crippen MR) is 117 cm³/mol. The number of aryl methyl sites for hydroxylation is 1. The van der Waals surface area contributed by atoms with E-state index in [1.54, 1.807) is 18.2 Å². The molecule has 0 unspecified atom stereocenters. The van der Waals surface area contributed by atoms with Crippen LogP contribution in [0.25, 0.3) is 10.9 Å². The van der Waals surface area contributed by atoms with E-state index >= 15 is 0 Å². The molecule has 0 bridgehead atoms. The summed E-state index contributed by atoms with van der Waals surface area (Å²) in [5.74, 6) is 1.31. The van der Waals surface area contributed by atoms with Gasteiger partial charge in [-0.25, -0.2) is 0 Å². The van der Waals surface area contributed by atoms with Crippen LogP contribution in [0.2, 0.25) is 0 Å². The Bertz CT molecular complexity index is 883. The van der Waals surface area contributed by atoms with E-state index in [-0.39, 0.29) is 12.4 Å². The van der Waals surface area contributed by atoms with Crippen molar-refractivity contribution >= 4 is 23.3 Å². The molecule has 2 aromatic carbocycles. The quantitative estimate of drug-likeness (QED) is 0.498. The van der Waals surface area contributed by atoms with Gasteiger partial charge >= 0.3 is 0 Å². The first-order valence-electron chi connectivity index (χ1n) is 9.99. The number of fused-ring (bicyclic) bond motifs is 1. The van der Waals surface area contributed by atoms with Crippen molar-refractivity contribution in [1.82, 2.24) is 9.88 Å². The van der Waals surface area contributed by atoms with Crippen LogP contribution in [-0.2, 0) is 6.42 Å². The number of likely N-dealkylation sites (tertiary alicyclic amines) is 1. The van der Waals surface area contributed by atoms with Gasteiger partial charge in [-0.05, 0) is 99.1 Å². The molecular weight excluding hydrogens is 372 g/mol. The van der Waals surface area contributed by atoms with Crippen LogP contribution in [0.1, 0.15) is 42.7 Å². The molecule has 0 saturated carbocycles. The lowest BCUT2D eigenvalue weighted by molar-refractivity contribution is 0.209. The molecule has 0 amide bonds. The molecule has 2 heterocycles. The number of aromatic nitrogens is 1. The number of rotatable bonds is 6. The van der Waals surface area contributed by atoms with Gasteiger partial charge in [-0.1, -0.05) is 12.1 Å². The number of hydrogen-bond acceptors (Lipinski definition) is 3. The summed E-state index contributed by atoms with van der Waals surface area (Å²) in [5, 5.41) is 20.3. The highest BCUT2D eigenvalue weighted by atomic mass is 35.5. The highest BCUT2D eigenvalue weighted by molar-refractivity contribution is 5.85. The summed E-state index contributed by atoms with van der Waals surface area (Å²) in [6.45, 7) is 3.48. The van der Waals surface area contributed by atoms with E-state index in [4.69, 9.17) is 0 Å². The van der Waals surface area contributed by atoms with E-state index in [2.05, 4.69) is 28.2 Å². The number of nitrogens with zero attached hydrogens (tertiary/aromatic N) is 1. The average Bonchev–Trinajstić information content (AvgIpc) is 3.08. The van der Waals surface area contributed by atoms with Gasteiger partial charge in [0.05, 0.1) is 0 Å². The van der Waals surface area contributed by atoms with Gasteiger partial charge in [-0.15, -0.1) is 12.4 Å². The molecular formula is C23H29ClN2O2. The lowest BCUT2D eigenvalue weighted by atomic mass is 9.89. The Balaban J connectivity index is 0.00000225. The Morgan fingerprint density at radius 1 is 0.929 bits per heavy atom. The fourth-order valence-corrected chi connectivity index (χ4v) is 4.26. The van der Waals surface area contributed by atoms with Crippen molar-refractivity contribution in [3.8, 4) is 11.5 Å². The van der Waals surface area contributed by atoms with Gasteiger partial charge in [0.15, 0.2) is 0 Å². The van der Waals surface area contributed by atoms with Crippen LogP contribution in [0.3, 0.4) is 0 Å². The van der Waals surface area contributed by atoms with E-state index in [0.29, 0.717) is 17.4 Å². The summed E-state index contributed by atoms with van der Waals surface area (Å²) in [6, 6.07) is 13.2. The molecule has 1 aromatic heterocycles. The molecule has 3 aromatic rings. The molecule has 3 N–H and O–H groups in total. The number of halogens is 1. The number of nitrogens with one attached hydrogen (secondary N) is 1. The fourth-order valence-electron chi connectivity index (χ4n) is 4.26. The van der Waals surface area contributed by atoms with E-state index < -0.39 is 0 Å². The molecule has 5 heteroatoms. The molecule has 4 nitrogen and oxygen atoms in total. The topological polar surface area (TPSA) is 59.5 Å². The van der Waals surface area contributed by atoms with Crippen molar-refractivity contribution < 1.29 is 10.2 Å². The van der Waals surface area contributed by atoms with Gasteiger partial charge in [-0.2, -0.15) is 0 Å². The number of aromatic amines is 1. The first-order chi connectivity index (χ1) is 13.2. The third-order valence-electron chi connectivity index (χ3n) is 5.87. The molecule has 1 aliphatic heterocycles. The SMILES string of the molecule is Cl.Oc1ccc(C2CCN(CCCCc3c[nH]c4ccc(O)cc34)CC2)cc1. The smallest absolute Gasteiger partial charge is 0.116 e. The van der Waals surface area contributed by atoms with Crippen molar-refractivity contribution in [3.05, 3.63) is 59.8 Å². The lowest BCUT2D eigenvalue weighted by Gasteiger charge is -2.32. The Kier molecular flexibility index (Phi) is 6.87. The minimum atomic E-state index is 0. The molecule has 1 fully saturated rings. The maximum absolute atomic E-state index is 9.70. The zero-order valence-electron chi connectivity index (χ0n) is 16.1. The van der Waals surface area contributed by atoms with Gasteiger partial charge in [0.1, 0.15) is 11.5 Å². The van der Waals surface area contributed by atoms with E-state index in [9.17, 15) is 10.2 Å². The van der Waals surface area contributed by atoms with Crippen molar-refractivity contribution in [2.75, 3.05) is 19.6 Å². The van der Waals surface area contributed by atoms with Crippen LogP contribution in [-0.4, -0.2) is 39.7 Å². The monoisotopic (exact) mass is 400 g/mol. The van der Waals surface area contributed by atoms with E-state index in [0.717, 1.165) is 37.0 Å². The van der Waals surface area contributed by atoms with Crippen LogP contribution in [0.15, 0.2) is 48.7 Å². The number of H-pyrrole nitrogens is 1. The molecule has 1 aliphatic rings. The standard InChI is InChI=1S/C23H28N2O2.ClH/c26-20-6-4-17(5-7-20)18-10-13-25(14-11-18)12-2-1-3-19-16-24-23-9-8-21(27)15-22(19)23;/h4-9,15-16,18,24,26-27H,1-3,10-14H2;1H. The second kappa shape index (κ2) is 9.35. The highest BCUT2D eigenvalue weighted by Gasteiger charge is 2.20. The second-order valence-corrected chi connectivity index (χ2v) is 7.71. The number of benzene rings is 2. The number of phenols is 2. The molecule has 0 radical (unpaired) electrons. The predicted octanol–water partition coefficient (Wildman–Crippen LogP) is 5.20. The zero-order valence-corrected chi connectivity index (χ0v) is 16.9. The normalized spacial score (nSPS) is 15.6. The number of aromatic hydroxyl groups is 2.